The second-order valence-corrected chi connectivity index (χ2v) is 7.43. The van der Waals surface area contributed by atoms with Gasteiger partial charge >= 0.3 is 31.2 Å². The smallest absolute Gasteiger partial charge is 0.387 e. The molecule has 5 N–H and O–H groups in total. The summed E-state index contributed by atoms with van der Waals surface area (Å²) in [7, 11) is -15.6. The van der Waals surface area contributed by atoms with Gasteiger partial charge in [-0.25, -0.2) is 12.5 Å². The number of aliphatic hydroxyl groups excluding tert-OH is 2. The summed E-state index contributed by atoms with van der Waals surface area (Å²) >= 11 is 0. The SMILES string of the molecule is O=S(=O)(O)OC[C@H]1OC(O)[C@H](OS(=O)(=O)O)[C@@H](OS(=O)(=O)O)[C@@H]1O. The van der Waals surface area contributed by atoms with E-state index in [1.165, 1.54) is 0 Å². The molecule has 1 unspecified atom stereocenters. The summed E-state index contributed by atoms with van der Waals surface area (Å²) in [6.45, 7) is -1.17. The molecule has 0 spiro atoms. The zero-order chi connectivity index (χ0) is 18.9. The quantitative estimate of drug-likeness (QED) is 0.248. The van der Waals surface area contributed by atoms with Gasteiger partial charge in [-0.2, -0.15) is 25.3 Å². The van der Waals surface area contributed by atoms with Crippen LogP contribution in [0, 0.1) is 0 Å². The second kappa shape index (κ2) is 7.39. The Labute approximate surface area is 135 Å². The van der Waals surface area contributed by atoms with E-state index in [-0.39, 0.29) is 0 Å². The van der Waals surface area contributed by atoms with E-state index in [0.717, 1.165) is 0 Å². The first-order valence-corrected chi connectivity index (χ1v) is 9.63. The molecule has 24 heavy (non-hydrogen) atoms. The lowest BCUT2D eigenvalue weighted by Crippen LogP contribution is -2.61. The standard InChI is InChI=1S/C6H12O15S3/c7-3-2(1-18-22(9,10)11)19-6(8)5(21-24(15,16)17)4(3)20-23(12,13)14/h2-8H,1H2,(H,9,10,11)(H,12,13,14)(H,15,16,17)/t2-,3-,4+,5-,6?/m1/s1. The molecule has 0 aromatic rings. The van der Waals surface area contributed by atoms with Crippen LogP contribution in [-0.4, -0.2) is 86.4 Å². The number of hydrogen-bond acceptors (Lipinski definition) is 12. The van der Waals surface area contributed by atoms with E-state index in [1.807, 2.05) is 0 Å². The molecule has 0 bridgehead atoms. The first-order chi connectivity index (χ1) is 10.6. The van der Waals surface area contributed by atoms with Crippen molar-refractivity contribution < 1.29 is 66.4 Å². The summed E-state index contributed by atoms with van der Waals surface area (Å²) in [6, 6.07) is 0. The molecule has 1 heterocycles. The van der Waals surface area contributed by atoms with Gasteiger partial charge in [0.2, 0.25) is 0 Å². The van der Waals surface area contributed by atoms with Gasteiger partial charge in [0.1, 0.15) is 18.3 Å². The van der Waals surface area contributed by atoms with Gasteiger partial charge in [0, 0.05) is 0 Å². The molecular formula is C6H12O15S3. The maximum atomic E-state index is 10.8. The Morgan fingerprint density at radius 3 is 1.67 bits per heavy atom. The average molecular weight is 420 g/mol. The van der Waals surface area contributed by atoms with Gasteiger partial charge in [-0.15, -0.1) is 0 Å². The molecule has 1 rings (SSSR count). The van der Waals surface area contributed by atoms with E-state index in [1.54, 1.807) is 0 Å². The van der Waals surface area contributed by atoms with E-state index in [0.29, 0.717) is 0 Å². The van der Waals surface area contributed by atoms with E-state index < -0.39 is 68.5 Å². The summed E-state index contributed by atoms with van der Waals surface area (Å²) < 4.78 is 106. The number of rotatable bonds is 7. The minimum atomic E-state index is -5.33. The topological polar surface area (TPSA) is 240 Å². The predicted molar refractivity (Wildman–Crippen MR) is 67.2 cm³/mol. The predicted octanol–water partition coefficient (Wildman–Crippen LogP) is -3.74. The zero-order valence-corrected chi connectivity index (χ0v) is 13.6. The van der Waals surface area contributed by atoms with Gasteiger partial charge in [-0.05, 0) is 0 Å². The molecule has 0 aliphatic carbocycles. The Balaban J connectivity index is 3.08. The first-order valence-electron chi connectivity index (χ1n) is 5.54. The van der Waals surface area contributed by atoms with Crippen LogP contribution in [0.1, 0.15) is 0 Å². The second-order valence-electron chi connectivity index (χ2n) is 4.25. The van der Waals surface area contributed by atoms with E-state index in [4.69, 9.17) is 13.7 Å². The van der Waals surface area contributed by atoms with Crippen molar-refractivity contribution in [2.24, 2.45) is 0 Å². The molecule has 5 atom stereocenters. The Bertz CT molecular complexity index is 736. The number of aliphatic hydroxyl groups is 2. The summed E-state index contributed by atoms with van der Waals surface area (Å²) in [4.78, 5) is 0. The highest BCUT2D eigenvalue weighted by Gasteiger charge is 2.50. The first kappa shape index (κ1) is 21.5. The third-order valence-corrected chi connectivity index (χ3v) is 3.85. The molecule has 1 saturated heterocycles. The number of hydrogen-bond donors (Lipinski definition) is 5. The minimum Gasteiger partial charge on any atom is -0.387 e. The maximum Gasteiger partial charge on any atom is 0.397 e. The summed E-state index contributed by atoms with van der Waals surface area (Å²) in [5, 5.41) is 19.4. The minimum absolute atomic E-state index is 1.17. The van der Waals surface area contributed by atoms with Crippen molar-refractivity contribution >= 4 is 31.2 Å². The fraction of sp³-hybridized carbons (Fsp3) is 1.00. The van der Waals surface area contributed by atoms with Crippen molar-refractivity contribution in [2.75, 3.05) is 6.61 Å². The summed E-state index contributed by atoms with van der Waals surface area (Å²) in [6.07, 6.45) is -11.3. The largest absolute Gasteiger partial charge is 0.397 e. The molecule has 1 fully saturated rings. The Hall–Kier alpha value is -0.510. The van der Waals surface area contributed by atoms with Crippen LogP contribution in [0.2, 0.25) is 0 Å². The molecule has 0 saturated carbocycles. The molecule has 0 amide bonds. The lowest BCUT2D eigenvalue weighted by molar-refractivity contribution is -0.275. The molecule has 1 aliphatic heterocycles. The molecule has 1 aliphatic rings. The fourth-order valence-electron chi connectivity index (χ4n) is 1.69. The number of ether oxygens (including phenoxy) is 1. The Kier molecular flexibility index (Phi) is 6.63. The molecule has 18 heteroatoms. The van der Waals surface area contributed by atoms with Gasteiger partial charge in [-0.3, -0.25) is 13.7 Å². The molecule has 0 radical (unpaired) electrons. The van der Waals surface area contributed by atoms with Crippen molar-refractivity contribution in [1.82, 2.24) is 0 Å². The highest BCUT2D eigenvalue weighted by atomic mass is 32.3. The third-order valence-electron chi connectivity index (χ3n) is 2.48. The van der Waals surface area contributed by atoms with Crippen LogP contribution in [0.25, 0.3) is 0 Å². The Morgan fingerprint density at radius 1 is 0.792 bits per heavy atom. The van der Waals surface area contributed by atoms with Gasteiger partial charge in [-0.1, -0.05) is 0 Å². The molecular weight excluding hydrogens is 408 g/mol. The van der Waals surface area contributed by atoms with E-state index >= 15 is 0 Å². The van der Waals surface area contributed by atoms with Crippen molar-refractivity contribution in [3.63, 3.8) is 0 Å². The highest BCUT2D eigenvalue weighted by Crippen LogP contribution is 2.27. The van der Waals surface area contributed by atoms with Crippen molar-refractivity contribution in [1.29, 1.82) is 0 Å². The zero-order valence-electron chi connectivity index (χ0n) is 11.1. The van der Waals surface area contributed by atoms with Crippen LogP contribution in [0.5, 0.6) is 0 Å². The van der Waals surface area contributed by atoms with Crippen molar-refractivity contribution in [3.05, 3.63) is 0 Å². The monoisotopic (exact) mass is 420 g/mol. The van der Waals surface area contributed by atoms with Gasteiger partial charge in [0.05, 0.1) is 6.61 Å². The third kappa shape index (κ3) is 7.16. The summed E-state index contributed by atoms with van der Waals surface area (Å²) in [5.41, 5.74) is 0. The lowest BCUT2D eigenvalue weighted by Gasteiger charge is -2.40. The van der Waals surface area contributed by atoms with Crippen molar-refractivity contribution in [3.8, 4) is 0 Å². The Morgan fingerprint density at radius 2 is 1.25 bits per heavy atom. The van der Waals surface area contributed by atoms with Gasteiger partial charge in [0.25, 0.3) is 0 Å². The molecule has 0 aromatic heterocycles. The van der Waals surface area contributed by atoms with Crippen LogP contribution >= 0.6 is 0 Å². The highest BCUT2D eigenvalue weighted by molar-refractivity contribution is 7.81. The normalized spacial score (nSPS) is 32.6. The van der Waals surface area contributed by atoms with Crippen LogP contribution in [-0.2, 0) is 48.5 Å². The van der Waals surface area contributed by atoms with Crippen molar-refractivity contribution in [2.45, 2.75) is 30.7 Å². The summed E-state index contributed by atoms with van der Waals surface area (Å²) in [5.74, 6) is 0. The lowest BCUT2D eigenvalue weighted by atomic mass is 9.99. The van der Waals surface area contributed by atoms with Gasteiger partial charge < -0.3 is 14.9 Å². The van der Waals surface area contributed by atoms with Gasteiger partial charge in [0.15, 0.2) is 12.4 Å². The van der Waals surface area contributed by atoms with Crippen LogP contribution in [0.3, 0.4) is 0 Å². The maximum absolute atomic E-state index is 10.8. The molecule has 144 valence electrons. The fourth-order valence-corrected chi connectivity index (χ4v) is 2.99. The van der Waals surface area contributed by atoms with Crippen LogP contribution in [0.4, 0.5) is 0 Å². The van der Waals surface area contributed by atoms with E-state index in [9.17, 15) is 35.5 Å². The van der Waals surface area contributed by atoms with Crippen LogP contribution in [0.15, 0.2) is 0 Å². The van der Waals surface area contributed by atoms with E-state index in [2.05, 4.69) is 17.3 Å². The molecule has 0 aromatic carbocycles. The molecule has 15 nitrogen and oxygen atoms in total. The van der Waals surface area contributed by atoms with Crippen LogP contribution < -0.4 is 0 Å². The average Bonchev–Trinajstić information content (AvgIpc) is 2.32.